The molecule has 0 amide bonds. The van der Waals surface area contributed by atoms with Crippen LogP contribution >= 0.6 is 11.8 Å². The molecule has 0 heterocycles. The summed E-state index contributed by atoms with van der Waals surface area (Å²) < 4.78 is 0. The third-order valence-corrected chi connectivity index (χ3v) is 4.60. The molecule has 0 atom stereocenters. The van der Waals surface area contributed by atoms with Crippen molar-refractivity contribution in [3.8, 4) is 0 Å². The molecule has 1 aromatic carbocycles. The van der Waals surface area contributed by atoms with E-state index in [2.05, 4.69) is 0 Å². The van der Waals surface area contributed by atoms with E-state index in [0.717, 1.165) is 23.3 Å². The minimum Gasteiger partial charge on any atom is -0.481 e. The summed E-state index contributed by atoms with van der Waals surface area (Å²) in [5.74, 6) is -0.0618. The summed E-state index contributed by atoms with van der Waals surface area (Å²) in [6.07, 6.45) is 2.05. The molecule has 0 radical (unpaired) electrons. The van der Waals surface area contributed by atoms with E-state index in [1.165, 1.54) is 17.8 Å². The second kappa shape index (κ2) is 5.21. The van der Waals surface area contributed by atoms with E-state index in [-0.39, 0.29) is 17.5 Å². The highest BCUT2D eigenvalue weighted by Gasteiger charge is 2.44. The predicted molar refractivity (Wildman–Crippen MR) is 72.5 cm³/mol. The van der Waals surface area contributed by atoms with E-state index >= 15 is 0 Å². The molecule has 102 valence electrons. The number of non-ortho nitro benzene ring substituents is 1. The molecule has 6 heteroatoms. The summed E-state index contributed by atoms with van der Waals surface area (Å²) in [7, 11) is 0. The quantitative estimate of drug-likeness (QED) is 0.492. The number of aryl methyl sites for hydroxylation is 1. The summed E-state index contributed by atoms with van der Waals surface area (Å²) in [6, 6.07) is 4.98. The van der Waals surface area contributed by atoms with E-state index in [1.807, 2.05) is 13.0 Å². The SMILES string of the molecule is Cc1cc(SCC2(CC(=O)O)CC2)cc([N+](=O)[O-])c1. The van der Waals surface area contributed by atoms with Crippen LogP contribution < -0.4 is 0 Å². The number of carbonyl (C=O) groups is 1. The van der Waals surface area contributed by atoms with E-state index in [1.54, 1.807) is 6.07 Å². The van der Waals surface area contributed by atoms with Crippen LogP contribution in [0.25, 0.3) is 0 Å². The van der Waals surface area contributed by atoms with Crippen LogP contribution in [-0.2, 0) is 4.79 Å². The number of nitro benzene ring substituents is 1. The van der Waals surface area contributed by atoms with Crippen molar-refractivity contribution in [2.45, 2.75) is 31.1 Å². The maximum absolute atomic E-state index is 10.8. The molecule has 1 aliphatic rings. The lowest BCUT2D eigenvalue weighted by Gasteiger charge is -2.11. The van der Waals surface area contributed by atoms with Gasteiger partial charge in [0.25, 0.3) is 5.69 Å². The smallest absolute Gasteiger partial charge is 0.303 e. The standard InChI is InChI=1S/C13H15NO4S/c1-9-4-10(14(17)18)6-11(5-9)19-8-13(2-3-13)7-12(15)16/h4-6H,2-3,7-8H2,1H3,(H,15,16). The summed E-state index contributed by atoms with van der Waals surface area (Å²) in [5, 5.41) is 19.6. The van der Waals surface area contributed by atoms with Gasteiger partial charge in [0.2, 0.25) is 0 Å². The average Bonchev–Trinajstić information content (AvgIpc) is 3.05. The van der Waals surface area contributed by atoms with Gasteiger partial charge >= 0.3 is 5.97 Å². The van der Waals surface area contributed by atoms with Crippen molar-refractivity contribution in [2.75, 3.05) is 5.75 Å². The molecule has 0 aliphatic heterocycles. The Kier molecular flexibility index (Phi) is 3.80. The second-order valence-electron chi connectivity index (χ2n) is 5.12. The number of carboxylic acid groups (broad SMARTS) is 1. The topological polar surface area (TPSA) is 80.4 Å². The minimum atomic E-state index is -0.770. The molecule has 0 unspecified atom stereocenters. The summed E-state index contributed by atoms with van der Waals surface area (Å²) in [5.41, 5.74) is 0.833. The first-order valence-electron chi connectivity index (χ1n) is 6.01. The highest BCUT2D eigenvalue weighted by Crippen LogP contribution is 2.52. The lowest BCUT2D eigenvalue weighted by molar-refractivity contribution is -0.385. The van der Waals surface area contributed by atoms with Crippen LogP contribution in [0, 0.1) is 22.5 Å². The van der Waals surface area contributed by atoms with Gasteiger partial charge in [-0.3, -0.25) is 14.9 Å². The molecule has 2 rings (SSSR count). The fourth-order valence-corrected chi connectivity index (χ4v) is 3.36. The Labute approximate surface area is 115 Å². The Bertz CT molecular complexity index is 525. The number of hydrogen-bond acceptors (Lipinski definition) is 4. The van der Waals surface area contributed by atoms with Gasteiger partial charge in [0.15, 0.2) is 0 Å². The fourth-order valence-electron chi connectivity index (χ4n) is 2.02. The maximum atomic E-state index is 10.8. The van der Waals surface area contributed by atoms with Gasteiger partial charge in [-0.05, 0) is 36.8 Å². The molecule has 1 N–H and O–H groups in total. The lowest BCUT2D eigenvalue weighted by Crippen LogP contribution is -2.10. The van der Waals surface area contributed by atoms with Crippen LogP contribution in [0.1, 0.15) is 24.8 Å². The molecule has 5 nitrogen and oxygen atoms in total. The molecule has 1 fully saturated rings. The summed E-state index contributed by atoms with van der Waals surface area (Å²) in [6.45, 7) is 1.82. The van der Waals surface area contributed by atoms with Crippen molar-refractivity contribution in [1.29, 1.82) is 0 Å². The van der Waals surface area contributed by atoms with E-state index < -0.39 is 10.9 Å². The van der Waals surface area contributed by atoms with E-state index in [0.29, 0.717) is 5.75 Å². The largest absolute Gasteiger partial charge is 0.481 e. The Balaban J connectivity index is 2.04. The van der Waals surface area contributed by atoms with Crippen molar-refractivity contribution < 1.29 is 14.8 Å². The van der Waals surface area contributed by atoms with Crippen molar-refractivity contribution >= 4 is 23.4 Å². The molecule has 1 saturated carbocycles. The Morgan fingerprint density at radius 3 is 2.68 bits per heavy atom. The van der Waals surface area contributed by atoms with Crippen molar-refractivity contribution in [2.24, 2.45) is 5.41 Å². The lowest BCUT2D eigenvalue weighted by atomic mass is 10.1. The van der Waals surface area contributed by atoms with Crippen LogP contribution in [0.4, 0.5) is 5.69 Å². The van der Waals surface area contributed by atoms with Crippen LogP contribution in [0.5, 0.6) is 0 Å². The number of rotatable bonds is 6. The molecular weight excluding hydrogens is 266 g/mol. The first kappa shape index (κ1) is 13.9. The van der Waals surface area contributed by atoms with Gasteiger partial charge in [-0.2, -0.15) is 0 Å². The number of benzene rings is 1. The van der Waals surface area contributed by atoms with Gasteiger partial charge in [0.1, 0.15) is 0 Å². The molecule has 1 aliphatic carbocycles. The van der Waals surface area contributed by atoms with Crippen molar-refractivity contribution in [3.63, 3.8) is 0 Å². The Hall–Kier alpha value is -1.56. The second-order valence-corrected chi connectivity index (χ2v) is 6.17. The molecule has 0 bridgehead atoms. The van der Waals surface area contributed by atoms with Gasteiger partial charge in [-0.1, -0.05) is 0 Å². The number of nitrogens with zero attached hydrogens (tertiary/aromatic N) is 1. The Morgan fingerprint density at radius 1 is 1.47 bits per heavy atom. The monoisotopic (exact) mass is 281 g/mol. The first-order chi connectivity index (χ1) is 8.90. The molecule has 0 saturated heterocycles. The normalized spacial score (nSPS) is 16.1. The highest BCUT2D eigenvalue weighted by atomic mass is 32.2. The van der Waals surface area contributed by atoms with Crippen LogP contribution in [0.3, 0.4) is 0 Å². The molecule has 19 heavy (non-hydrogen) atoms. The van der Waals surface area contributed by atoms with Gasteiger partial charge in [0.05, 0.1) is 11.3 Å². The van der Waals surface area contributed by atoms with Crippen LogP contribution in [0.2, 0.25) is 0 Å². The van der Waals surface area contributed by atoms with Crippen LogP contribution in [-0.4, -0.2) is 21.8 Å². The first-order valence-corrected chi connectivity index (χ1v) is 6.99. The average molecular weight is 281 g/mol. The molecule has 1 aromatic rings. The predicted octanol–water partition coefficient (Wildman–Crippen LogP) is 3.25. The van der Waals surface area contributed by atoms with Crippen molar-refractivity contribution in [3.05, 3.63) is 33.9 Å². The van der Waals surface area contributed by atoms with Crippen LogP contribution in [0.15, 0.2) is 23.1 Å². The van der Waals surface area contributed by atoms with E-state index in [9.17, 15) is 14.9 Å². The highest BCUT2D eigenvalue weighted by molar-refractivity contribution is 7.99. The number of hydrogen-bond donors (Lipinski definition) is 1. The zero-order valence-corrected chi connectivity index (χ0v) is 11.4. The van der Waals surface area contributed by atoms with Gasteiger partial charge in [0, 0.05) is 22.8 Å². The fraction of sp³-hybridized carbons (Fsp3) is 0.462. The summed E-state index contributed by atoms with van der Waals surface area (Å²) >= 11 is 1.51. The summed E-state index contributed by atoms with van der Waals surface area (Å²) in [4.78, 5) is 22.0. The number of carboxylic acids is 1. The van der Waals surface area contributed by atoms with Gasteiger partial charge in [-0.15, -0.1) is 11.8 Å². The molecule has 0 spiro atoms. The number of nitro groups is 1. The third kappa shape index (κ3) is 3.70. The molecular formula is C13H15NO4S. The third-order valence-electron chi connectivity index (χ3n) is 3.27. The number of thioether (sulfide) groups is 1. The zero-order valence-electron chi connectivity index (χ0n) is 10.6. The zero-order chi connectivity index (χ0) is 14.0. The number of aliphatic carboxylic acids is 1. The van der Waals surface area contributed by atoms with Gasteiger partial charge < -0.3 is 5.11 Å². The van der Waals surface area contributed by atoms with E-state index in [4.69, 9.17) is 5.11 Å². The maximum Gasteiger partial charge on any atom is 0.303 e. The van der Waals surface area contributed by atoms with Gasteiger partial charge in [-0.25, -0.2) is 0 Å². The minimum absolute atomic E-state index is 0.0885. The Morgan fingerprint density at radius 2 is 2.16 bits per heavy atom. The molecule has 0 aromatic heterocycles. The van der Waals surface area contributed by atoms with Crippen molar-refractivity contribution in [1.82, 2.24) is 0 Å².